The van der Waals surface area contributed by atoms with Gasteiger partial charge in [0.05, 0.1) is 6.04 Å². The lowest BCUT2D eigenvalue weighted by atomic mass is 9.96. The Labute approximate surface area is 163 Å². The summed E-state index contributed by atoms with van der Waals surface area (Å²) in [6.07, 6.45) is 0. The summed E-state index contributed by atoms with van der Waals surface area (Å²) in [6.45, 7) is 3.82. The van der Waals surface area contributed by atoms with Crippen LogP contribution in [0.25, 0.3) is 10.9 Å². The first-order chi connectivity index (χ1) is 13.5. The summed E-state index contributed by atoms with van der Waals surface area (Å²) < 4.78 is 0. The van der Waals surface area contributed by atoms with Crippen LogP contribution in [0.1, 0.15) is 28.6 Å². The second-order valence-corrected chi connectivity index (χ2v) is 6.86. The highest BCUT2D eigenvalue weighted by atomic mass is 16.3. The molecule has 2 aromatic heterocycles. The molecule has 5 heteroatoms. The van der Waals surface area contributed by atoms with Crippen LogP contribution in [0.3, 0.4) is 0 Å². The third-order valence-electron chi connectivity index (χ3n) is 4.70. The summed E-state index contributed by atoms with van der Waals surface area (Å²) in [5.41, 5.74) is 3.76. The van der Waals surface area contributed by atoms with Crippen molar-refractivity contribution < 1.29 is 10.2 Å². The molecule has 0 radical (unpaired) electrons. The fourth-order valence-electron chi connectivity index (χ4n) is 3.34. The molecule has 0 bridgehead atoms. The molecule has 2 heterocycles. The molecule has 0 fully saturated rings. The number of phenols is 2. The second kappa shape index (κ2) is 7.19. The minimum atomic E-state index is -0.409. The topological polar surface area (TPSA) is 78.3 Å². The summed E-state index contributed by atoms with van der Waals surface area (Å²) in [5, 5.41) is 25.3. The second-order valence-electron chi connectivity index (χ2n) is 6.86. The molecular weight excluding hydrogens is 350 g/mol. The Morgan fingerprint density at radius 2 is 1.57 bits per heavy atom. The highest BCUT2D eigenvalue weighted by Gasteiger charge is 2.21. The van der Waals surface area contributed by atoms with Gasteiger partial charge in [-0.25, -0.2) is 9.97 Å². The molecule has 1 atom stereocenters. The van der Waals surface area contributed by atoms with Crippen molar-refractivity contribution in [3.8, 4) is 11.5 Å². The van der Waals surface area contributed by atoms with Crippen LogP contribution in [-0.4, -0.2) is 20.2 Å². The number of phenolic OH excluding ortho intramolecular Hbond substituents is 2. The van der Waals surface area contributed by atoms with Crippen molar-refractivity contribution in [3.63, 3.8) is 0 Å². The Balaban J connectivity index is 1.87. The maximum absolute atomic E-state index is 11.0. The van der Waals surface area contributed by atoms with E-state index in [1.807, 2.05) is 62.4 Å². The number of pyridine rings is 2. The van der Waals surface area contributed by atoms with Crippen molar-refractivity contribution in [1.82, 2.24) is 9.97 Å². The molecule has 3 N–H and O–H groups in total. The van der Waals surface area contributed by atoms with Gasteiger partial charge in [0, 0.05) is 22.3 Å². The number of anilines is 1. The summed E-state index contributed by atoms with van der Waals surface area (Å²) in [5.74, 6) is 0.968. The predicted octanol–water partition coefficient (Wildman–Crippen LogP) is 4.86. The molecule has 4 aromatic rings. The number of aromatic hydroxyl groups is 2. The van der Waals surface area contributed by atoms with E-state index < -0.39 is 6.04 Å². The molecule has 0 saturated carbocycles. The lowest BCUT2D eigenvalue weighted by Gasteiger charge is -2.22. The number of nitrogens with one attached hydrogen (secondary N) is 1. The molecule has 0 spiro atoms. The van der Waals surface area contributed by atoms with Crippen LogP contribution in [0.15, 0.2) is 66.7 Å². The normalized spacial score (nSPS) is 12.1. The van der Waals surface area contributed by atoms with Crippen LogP contribution in [0.2, 0.25) is 0 Å². The van der Waals surface area contributed by atoms with Crippen LogP contribution in [0, 0.1) is 13.8 Å². The highest BCUT2D eigenvalue weighted by molar-refractivity contribution is 5.86. The zero-order valence-electron chi connectivity index (χ0n) is 15.7. The molecule has 28 heavy (non-hydrogen) atoms. The van der Waals surface area contributed by atoms with Gasteiger partial charge < -0.3 is 15.5 Å². The Morgan fingerprint density at radius 1 is 0.821 bits per heavy atom. The van der Waals surface area contributed by atoms with Crippen LogP contribution >= 0.6 is 0 Å². The number of aromatic nitrogens is 2. The van der Waals surface area contributed by atoms with E-state index in [2.05, 4.69) is 15.3 Å². The maximum atomic E-state index is 11.0. The van der Waals surface area contributed by atoms with Gasteiger partial charge in [-0.1, -0.05) is 36.4 Å². The van der Waals surface area contributed by atoms with E-state index >= 15 is 0 Å². The van der Waals surface area contributed by atoms with E-state index in [-0.39, 0.29) is 11.5 Å². The molecule has 0 aliphatic heterocycles. The number of aryl methyl sites for hydroxylation is 2. The smallest absolute Gasteiger partial charge is 0.147 e. The van der Waals surface area contributed by atoms with Gasteiger partial charge in [-0.05, 0) is 49.7 Å². The van der Waals surface area contributed by atoms with E-state index in [0.717, 1.165) is 22.3 Å². The first-order valence-corrected chi connectivity index (χ1v) is 9.09. The van der Waals surface area contributed by atoms with Crippen LogP contribution in [0.5, 0.6) is 11.5 Å². The monoisotopic (exact) mass is 371 g/mol. The third kappa shape index (κ3) is 3.47. The van der Waals surface area contributed by atoms with Crippen LogP contribution in [0.4, 0.5) is 5.82 Å². The average Bonchev–Trinajstić information content (AvgIpc) is 2.67. The molecule has 4 rings (SSSR count). The molecule has 140 valence electrons. The Morgan fingerprint density at radius 3 is 2.36 bits per heavy atom. The molecule has 0 aliphatic carbocycles. The van der Waals surface area contributed by atoms with Crippen molar-refractivity contribution in [2.24, 2.45) is 0 Å². The van der Waals surface area contributed by atoms with Gasteiger partial charge in [0.2, 0.25) is 0 Å². The molecule has 0 saturated heterocycles. The zero-order chi connectivity index (χ0) is 19.7. The minimum absolute atomic E-state index is 0.120. The van der Waals surface area contributed by atoms with Gasteiger partial charge >= 0.3 is 0 Å². The average molecular weight is 371 g/mol. The van der Waals surface area contributed by atoms with Crippen LogP contribution < -0.4 is 5.32 Å². The number of benzene rings is 2. The van der Waals surface area contributed by atoms with E-state index in [9.17, 15) is 10.2 Å². The quantitative estimate of drug-likeness (QED) is 0.477. The number of hydrogen-bond donors (Lipinski definition) is 3. The Hall–Kier alpha value is -3.60. The molecule has 0 amide bonds. The SMILES string of the molecule is Cc1cccc(NC(c2cccc(O)c2)c2ccc3ccc(C)nc3c2O)n1. The molecule has 5 nitrogen and oxygen atoms in total. The first-order valence-electron chi connectivity index (χ1n) is 9.09. The van der Waals surface area contributed by atoms with Crippen molar-refractivity contribution >= 4 is 16.7 Å². The van der Waals surface area contributed by atoms with E-state index in [1.165, 1.54) is 0 Å². The summed E-state index contributed by atoms with van der Waals surface area (Å²) >= 11 is 0. The number of nitrogens with zero attached hydrogens (tertiary/aromatic N) is 2. The number of fused-ring (bicyclic) bond motifs is 1. The molecule has 2 aromatic carbocycles. The maximum Gasteiger partial charge on any atom is 0.147 e. The third-order valence-corrected chi connectivity index (χ3v) is 4.70. The fraction of sp³-hybridized carbons (Fsp3) is 0.130. The molecule has 1 unspecified atom stereocenters. The van der Waals surface area contributed by atoms with E-state index in [4.69, 9.17) is 0 Å². The van der Waals surface area contributed by atoms with Gasteiger partial charge in [-0.3, -0.25) is 0 Å². The summed E-state index contributed by atoms with van der Waals surface area (Å²) in [4.78, 5) is 9.03. The standard InChI is InChI=1S/C23H21N3O2/c1-14-5-3-8-20(24-14)26-21(17-6-4-7-18(27)13-17)19-12-11-16-10-9-15(2)25-22(16)23(19)28/h3-13,21,27-28H,1-2H3,(H,24,26). The van der Waals surface area contributed by atoms with Crippen LogP contribution in [-0.2, 0) is 0 Å². The number of rotatable bonds is 4. The van der Waals surface area contributed by atoms with Gasteiger partial charge in [0.25, 0.3) is 0 Å². The zero-order valence-corrected chi connectivity index (χ0v) is 15.7. The van der Waals surface area contributed by atoms with E-state index in [1.54, 1.807) is 18.2 Å². The Bertz CT molecular complexity index is 1160. The van der Waals surface area contributed by atoms with Crippen molar-refractivity contribution in [3.05, 3.63) is 89.2 Å². The number of hydrogen-bond acceptors (Lipinski definition) is 5. The first kappa shape index (κ1) is 17.8. The molecular formula is C23H21N3O2. The summed E-state index contributed by atoms with van der Waals surface area (Å²) in [7, 11) is 0. The van der Waals surface area contributed by atoms with Crippen molar-refractivity contribution in [2.75, 3.05) is 5.32 Å². The molecule has 0 aliphatic rings. The summed E-state index contributed by atoms with van der Waals surface area (Å²) in [6, 6.07) is 20.0. The lowest BCUT2D eigenvalue weighted by Crippen LogP contribution is -2.14. The highest BCUT2D eigenvalue weighted by Crippen LogP contribution is 2.37. The van der Waals surface area contributed by atoms with Crippen molar-refractivity contribution in [1.29, 1.82) is 0 Å². The Kier molecular flexibility index (Phi) is 4.57. The van der Waals surface area contributed by atoms with Gasteiger partial charge in [-0.15, -0.1) is 0 Å². The fourth-order valence-corrected chi connectivity index (χ4v) is 3.34. The van der Waals surface area contributed by atoms with Gasteiger partial charge in [0.1, 0.15) is 22.8 Å². The van der Waals surface area contributed by atoms with Gasteiger partial charge in [0.15, 0.2) is 0 Å². The minimum Gasteiger partial charge on any atom is -0.508 e. The van der Waals surface area contributed by atoms with Crippen molar-refractivity contribution in [2.45, 2.75) is 19.9 Å². The van der Waals surface area contributed by atoms with E-state index in [0.29, 0.717) is 16.9 Å². The largest absolute Gasteiger partial charge is 0.508 e. The predicted molar refractivity (Wildman–Crippen MR) is 111 cm³/mol. The van der Waals surface area contributed by atoms with Gasteiger partial charge in [-0.2, -0.15) is 0 Å². The lowest BCUT2D eigenvalue weighted by molar-refractivity contribution is 0.469.